The summed E-state index contributed by atoms with van der Waals surface area (Å²) in [5.41, 5.74) is 1.89. The first-order valence-corrected chi connectivity index (χ1v) is 8.98. The van der Waals surface area contributed by atoms with Crippen molar-refractivity contribution in [3.05, 3.63) is 52.3 Å². The van der Waals surface area contributed by atoms with E-state index in [1.807, 2.05) is 0 Å². The number of aromatic nitrogens is 2. The second-order valence-electron chi connectivity index (χ2n) is 4.97. The number of nitro benzene ring substituents is 1. The Labute approximate surface area is 151 Å². The van der Waals surface area contributed by atoms with Crippen molar-refractivity contribution in [2.45, 2.75) is 0 Å². The maximum atomic E-state index is 13.8. The van der Waals surface area contributed by atoms with Crippen LogP contribution in [0.25, 0.3) is 22.2 Å². The van der Waals surface area contributed by atoms with Gasteiger partial charge in [0.05, 0.1) is 0 Å². The Kier molecular flexibility index (Phi) is 4.76. The molecule has 0 bridgehead atoms. The molecule has 0 spiro atoms. The predicted octanol–water partition coefficient (Wildman–Crippen LogP) is 2.05. The summed E-state index contributed by atoms with van der Waals surface area (Å²) in [7, 11) is 0. The van der Waals surface area contributed by atoms with Gasteiger partial charge in [0.1, 0.15) is 0 Å². The molecule has 0 radical (unpaired) electrons. The van der Waals surface area contributed by atoms with Crippen molar-refractivity contribution in [3.8, 4) is 17.0 Å². The van der Waals surface area contributed by atoms with E-state index in [-0.39, 0.29) is 24.7 Å². The van der Waals surface area contributed by atoms with E-state index in [4.69, 9.17) is 9.84 Å². The van der Waals surface area contributed by atoms with Crippen LogP contribution in [0, 0.1) is 15.9 Å². The van der Waals surface area contributed by atoms with E-state index in [9.17, 15) is 14.5 Å². The zero-order valence-electron chi connectivity index (χ0n) is 12.3. The first kappa shape index (κ1) is 16.8. The molecular formula is C15H11FN3O4Tl. The molecule has 0 saturated heterocycles. The van der Waals surface area contributed by atoms with Crippen molar-refractivity contribution < 1.29 is 19.2 Å². The Morgan fingerprint density at radius 2 is 2.12 bits per heavy atom. The van der Waals surface area contributed by atoms with Gasteiger partial charge in [0.25, 0.3) is 0 Å². The van der Waals surface area contributed by atoms with Crippen LogP contribution < -0.4 is 4.74 Å². The van der Waals surface area contributed by atoms with Gasteiger partial charge in [0.15, 0.2) is 0 Å². The normalized spacial score (nSPS) is 10.9. The van der Waals surface area contributed by atoms with E-state index >= 15 is 0 Å². The summed E-state index contributed by atoms with van der Waals surface area (Å²) in [5.74, 6) is -0.542. The number of nitro groups is 1. The maximum absolute atomic E-state index is 13.8. The van der Waals surface area contributed by atoms with Crippen LogP contribution in [0.2, 0.25) is 0 Å². The van der Waals surface area contributed by atoms with Crippen LogP contribution in [0.1, 0.15) is 0 Å². The molecule has 0 amide bonds. The molecular weight excluding hydrogens is 510 g/mol. The zero-order chi connectivity index (χ0) is 17.3. The molecule has 9 heteroatoms. The van der Waals surface area contributed by atoms with Crippen LogP contribution in [-0.4, -0.2) is 56.9 Å². The Hall–Kier alpha value is -2.08. The van der Waals surface area contributed by atoms with Crippen molar-refractivity contribution in [2.24, 2.45) is 0 Å². The first-order chi connectivity index (χ1) is 11.5. The van der Waals surface area contributed by atoms with Crippen molar-refractivity contribution in [2.75, 3.05) is 13.2 Å². The van der Waals surface area contributed by atoms with Gasteiger partial charge in [-0.15, -0.1) is 0 Å². The number of benzene rings is 2. The molecule has 1 aromatic heterocycles. The van der Waals surface area contributed by atoms with Crippen molar-refractivity contribution in [1.29, 1.82) is 0 Å². The standard InChI is InChI=1S/C15H11FN3O4.Tl/c16-12-3-1-9(7-14(12)23-6-5-20)15-11-8-10(19(21)22)2-4-13(11)17-18-15;/h1-4,7-8,20H,5-6H2;/q-1;+1. The van der Waals surface area contributed by atoms with Crippen molar-refractivity contribution in [1.82, 2.24) is 7.59 Å². The summed E-state index contributed by atoms with van der Waals surface area (Å²) in [5, 5.41) is 24.9. The third-order valence-corrected chi connectivity index (χ3v) is 4.98. The van der Waals surface area contributed by atoms with Gasteiger partial charge >= 0.3 is 152 Å². The van der Waals surface area contributed by atoms with Gasteiger partial charge in [-0.1, -0.05) is 0 Å². The van der Waals surface area contributed by atoms with Gasteiger partial charge in [-0.3, -0.25) is 0 Å². The molecule has 0 aliphatic heterocycles. The van der Waals surface area contributed by atoms with Crippen LogP contribution in [-0.2, 0) is 0 Å². The van der Waals surface area contributed by atoms with Gasteiger partial charge in [0.2, 0.25) is 0 Å². The number of fused-ring (bicyclic) bond motifs is 1. The molecule has 1 N–H and O–H groups in total. The average Bonchev–Trinajstić information content (AvgIpc) is 2.90. The number of halogens is 1. The van der Waals surface area contributed by atoms with E-state index < -0.39 is 10.7 Å². The molecule has 0 aliphatic rings. The van der Waals surface area contributed by atoms with Gasteiger partial charge in [-0.05, 0) is 0 Å². The summed E-state index contributed by atoms with van der Waals surface area (Å²) in [6.07, 6.45) is 0. The number of hydrogen-bond acceptors (Lipinski definition) is 5. The van der Waals surface area contributed by atoms with E-state index in [1.54, 1.807) is 14.6 Å². The Morgan fingerprint density at radius 3 is 2.83 bits per heavy atom. The molecule has 1 heterocycles. The van der Waals surface area contributed by atoms with E-state index in [2.05, 4.69) is 5.10 Å². The van der Waals surface area contributed by atoms with Gasteiger partial charge in [-0.2, -0.15) is 0 Å². The summed E-state index contributed by atoms with van der Waals surface area (Å²) in [6, 6.07) is 8.85. The molecule has 2 aromatic carbocycles. The fourth-order valence-electron chi connectivity index (χ4n) is 2.37. The predicted molar refractivity (Wildman–Crippen MR) is 85.5 cm³/mol. The van der Waals surface area contributed by atoms with E-state index in [0.29, 0.717) is 42.7 Å². The molecule has 0 unspecified atom stereocenters. The van der Waals surface area contributed by atoms with Crippen molar-refractivity contribution in [3.63, 3.8) is 0 Å². The van der Waals surface area contributed by atoms with E-state index in [1.165, 1.54) is 24.3 Å². The van der Waals surface area contributed by atoms with Crippen LogP contribution in [0.15, 0.2) is 36.4 Å². The summed E-state index contributed by atoms with van der Waals surface area (Å²) in [4.78, 5) is 10.5. The summed E-state index contributed by atoms with van der Waals surface area (Å²) in [6.45, 7) is -0.252. The number of non-ortho nitro benzene ring substituents is 1. The quantitative estimate of drug-likeness (QED) is 0.316. The third-order valence-electron chi connectivity index (χ3n) is 3.45. The Morgan fingerprint density at radius 1 is 1.33 bits per heavy atom. The van der Waals surface area contributed by atoms with Gasteiger partial charge in [-0.25, -0.2) is 0 Å². The number of aliphatic hydroxyl groups is 1. The molecule has 0 saturated carbocycles. The average molecular weight is 521 g/mol. The number of nitrogens with zero attached hydrogens (tertiary/aromatic N) is 3. The van der Waals surface area contributed by atoms with Gasteiger partial charge < -0.3 is 0 Å². The minimum absolute atomic E-state index is 0.00507. The van der Waals surface area contributed by atoms with E-state index in [0.717, 1.165) is 5.52 Å². The number of hydrogen-bond donors (Lipinski definition) is 1. The second kappa shape index (κ2) is 6.81. The Balaban J connectivity index is 2.15. The van der Waals surface area contributed by atoms with Crippen LogP contribution >= 0.6 is 0 Å². The molecule has 0 atom stereocenters. The minimum atomic E-state index is -0.547. The molecule has 24 heavy (non-hydrogen) atoms. The molecule has 0 fully saturated rings. The molecule has 120 valence electrons. The number of ether oxygens (including phenoxy) is 1. The number of rotatable bonds is 5. The third kappa shape index (κ3) is 3.11. The summed E-state index contributed by atoms with van der Waals surface area (Å²) < 4.78 is 20.7. The van der Waals surface area contributed by atoms with Crippen molar-refractivity contribution >= 4 is 42.7 Å². The zero-order valence-corrected chi connectivity index (χ0v) is 16.8. The Bertz CT molecular complexity index is 928. The fraction of sp³-hybridized carbons (Fsp3) is 0.133. The topological polar surface area (TPSA) is 90.4 Å². The molecule has 0 aliphatic carbocycles. The fourth-order valence-corrected chi connectivity index (χ4v) is 3.70. The summed E-state index contributed by atoms with van der Waals surface area (Å²) >= 11 is 0.373. The number of aliphatic hydroxyl groups excluding tert-OH is 1. The molecule has 7 nitrogen and oxygen atoms in total. The molecule has 3 rings (SSSR count). The monoisotopic (exact) mass is 521 g/mol. The first-order valence-electron chi connectivity index (χ1n) is 6.97. The van der Waals surface area contributed by atoms with Gasteiger partial charge in [0, 0.05) is 0 Å². The van der Waals surface area contributed by atoms with Crippen LogP contribution in [0.4, 0.5) is 10.1 Å². The van der Waals surface area contributed by atoms with Crippen LogP contribution in [0.5, 0.6) is 5.75 Å². The molecule has 3 aromatic rings. The van der Waals surface area contributed by atoms with Crippen LogP contribution in [0.3, 0.4) is 0 Å². The second-order valence-corrected chi connectivity index (χ2v) is 6.87. The SMILES string of the molecule is O=[N+]([O-])c1ccc2c(c1)c(-c1ccc(F)c(OCCO)c1)n[n]2[Tl].